The molecule has 8 nitrogen and oxygen atoms in total. The molecule has 1 fully saturated rings. The third-order valence-corrected chi connectivity index (χ3v) is 9.26. The zero-order chi connectivity index (χ0) is 31.1. The second kappa shape index (κ2) is 14.7. The van der Waals surface area contributed by atoms with Gasteiger partial charge in [-0.3, -0.25) is 14.5 Å². The maximum atomic E-state index is 13.6. The molecule has 1 amide bonds. The van der Waals surface area contributed by atoms with Crippen LogP contribution in [0.3, 0.4) is 0 Å². The molecule has 228 valence electrons. The minimum absolute atomic E-state index is 0.0255. The van der Waals surface area contributed by atoms with Crippen LogP contribution in [0.5, 0.6) is 11.5 Å². The van der Waals surface area contributed by atoms with Gasteiger partial charge in [0.2, 0.25) is 5.13 Å². The fourth-order valence-corrected chi connectivity index (χ4v) is 6.54. The van der Waals surface area contributed by atoms with E-state index in [-0.39, 0.29) is 16.5 Å². The second-order valence-corrected chi connectivity index (χ2v) is 12.7. The van der Waals surface area contributed by atoms with Crippen LogP contribution in [0.4, 0.5) is 5.13 Å². The van der Waals surface area contributed by atoms with E-state index in [0.717, 1.165) is 24.8 Å². The van der Waals surface area contributed by atoms with Gasteiger partial charge in [-0.25, -0.2) is 0 Å². The van der Waals surface area contributed by atoms with Crippen LogP contribution in [0.25, 0.3) is 5.76 Å². The summed E-state index contributed by atoms with van der Waals surface area (Å²) in [7, 11) is 0. The lowest BCUT2D eigenvalue weighted by molar-refractivity contribution is -0.132. The normalized spacial score (nSPS) is 16.0. The average Bonchev–Trinajstić information content (AvgIpc) is 3.61. The monoisotopic (exact) mass is 649 g/mol. The first-order valence-corrected chi connectivity index (χ1v) is 16.5. The molecule has 1 aliphatic heterocycles. The number of aliphatic hydroxyl groups excluding tert-OH is 1. The Bertz CT molecular complexity index is 1620. The molecule has 0 bridgehead atoms. The number of aliphatic hydroxyl groups is 1. The van der Waals surface area contributed by atoms with E-state index in [1.165, 1.54) is 28.0 Å². The number of nitrogens with zero attached hydrogens (tertiary/aromatic N) is 3. The summed E-state index contributed by atoms with van der Waals surface area (Å²) in [5, 5.41) is 21.0. The number of hydrogen-bond acceptors (Lipinski definition) is 9. The number of halogens is 1. The van der Waals surface area contributed by atoms with Crippen LogP contribution in [0.2, 0.25) is 5.02 Å². The molecule has 0 radical (unpaired) electrons. The lowest BCUT2D eigenvalue weighted by Crippen LogP contribution is -2.29. The van der Waals surface area contributed by atoms with Crippen molar-refractivity contribution in [2.24, 2.45) is 0 Å². The Balaban J connectivity index is 1.49. The number of carbonyl (C=O) groups excluding carboxylic acids is 2. The molecule has 0 saturated carbocycles. The smallest absolute Gasteiger partial charge is 0.301 e. The van der Waals surface area contributed by atoms with Crippen molar-refractivity contribution >= 4 is 57.3 Å². The van der Waals surface area contributed by atoms with Crippen LogP contribution in [-0.2, 0) is 15.3 Å². The summed E-state index contributed by atoms with van der Waals surface area (Å²) >= 11 is 8.69. The number of carbonyl (C=O) groups is 2. The van der Waals surface area contributed by atoms with Gasteiger partial charge in [0.1, 0.15) is 17.3 Å². The predicted molar refractivity (Wildman–Crippen MR) is 175 cm³/mol. The molecule has 4 aromatic rings. The maximum absolute atomic E-state index is 13.6. The van der Waals surface area contributed by atoms with Crippen LogP contribution in [0, 0.1) is 0 Å². The van der Waals surface area contributed by atoms with E-state index in [4.69, 9.17) is 21.1 Å². The van der Waals surface area contributed by atoms with Crippen molar-refractivity contribution in [2.75, 3.05) is 18.1 Å². The van der Waals surface area contributed by atoms with E-state index in [9.17, 15) is 14.7 Å². The highest BCUT2D eigenvalue weighted by Crippen LogP contribution is 2.44. The van der Waals surface area contributed by atoms with Gasteiger partial charge in [0.25, 0.3) is 5.78 Å². The van der Waals surface area contributed by atoms with Gasteiger partial charge in [0.05, 0.1) is 24.8 Å². The van der Waals surface area contributed by atoms with Crippen molar-refractivity contribution in [3.05, 3.63) is 100 Å². The molecular formula is C33H32ClN3O5S2. The number of unbranched alkanes of at least 4 members (excludes halogenated alkanes) is 1. The molecule has 1 saturated heterocycles. The quantitative estimate of drug-likeness (QED) is 0.0387. The van der Waals surface area contributed by atoms with Crippen LogP contribution >= 0.6 is 34.7 Å². The molecule has 0 aliphatic carbocycles. The maximum Gasteiger partial charge on any atom is 0.301 e. The van der Waals surface area contributed by atoms with Crippen LogP contribution in [-0.4, -0.2) is 40.2 Å². The molecule has 3 aromatic carbocycles. The summed E-state index contributed by atoms with van der Waals surface area (Å²) in [6.45, 7) is 5.27. The van der Waals surface area contributed by atoms with Gasteiger partial charge >= 0.3 is 5.91 Å². The van der Waals surface area contributed by atoms with E-state index in [2.05, 4.69) is 17.1 Å². The summed E-state index contributed by atoms with van der Waals surface area (Å²) in [5.41, 5.74) is 2.06. The molecule has 2 heterocycles. The summed E-state index contributed by atoms with van der Waals surface area (Å²) in [4.78, 5) is 28.5. The van der Waals surface area contributed by atoms with Gasteiger partial charge < -0.3 is 14.6 Å². The minimum atomic E-state index is -0.919. The Labute approximate surface area is 269 Å². The molecule has 0 spiro atoms. The number of hydrogen-bond donors (Lipinski definition) is 1. The van der Waals surface area contributed by atoms with Crippen molar-refractivity contribution in [2.45, 2.75) is 49.2 Å². The number of aromatic nitrogens is 2. The van der Waals surface area contributed by atoms with Gasteiger partial charge in [-0.2, -0.15) is 0 Å². The van der Waals surface area contributed by atoms with Crippen molar-refractivity contribution in [3.63, 3.8) is 0 Å². The van der Waals surface area contributed by atoms with Gasteiger partial charge in [-0.1, -0.05) is 79.2 Å². The molecular weight excluding hydrogens is 618 g/mol. The number of thioether (sulfide) groups is 1. The standard InChI is InChI=1S/C33H32ClN3O5S2/c1-3-5-19-42-26-14-8-22(9-15-26)28-27(29(38)23-10-16-25(17-11-23)41-18-4-2)30(39)31(40)37(28)32-35-36-33(44-32)43-20-21-6-12-24(34)13-7-21/h6-17,28,38H,3-5,18-20H2,1-2H3/b29-27-. The first-order chi connectivity index (χ1) is 21.4. The largest absolute Gasteiger partial charge is 0.507 e. The average molecular weight is 650 g/mol. The van der Waals surface area contributed by atoms with Gasteiger partial charge in [0.15, 0.2) is 4.34 Å². The third kappa shape index (κ3) is 7.26. The Morgan fingerprint density at radius 1 is 0.909 bits per heavy atom. The van der Waals surface area contributed by atoms with E-state index in [1.54, 1.807) is 48.5 Å². The highest BCUT2D eigenvalue weighted by molar-refractivity contribution is 8.00. The second-order valence-electron chi connectivity index (χ2n) is 10.1. The molecule has 1 atom stereocenters. The van der Waals surface area contributed by atoms with Crippen molar-refractivity contribution in [1.29, 1.82) is 0 Å². The highest BCUT2D eigenvalue weighted by Gasteiger charge is 2.48. The lowest BCUT2D eigenvalue weighted by atomic mass is 9.95. The van der Waals surface area contributed by atoms with E-state index < -0.39 is 17.7 Å². The summed E-state index contributed by atoms with van der Waals surface area (Å²) in [5.74, 6) is 0.102. The zero-order valence-corrected chi connectivity index (χ0v) is 26.8. The predicted octanol–water partition coefficient (Wildman–Crippen LogP) is 8.08. The third-order valence-electron chi connectivity index (χ3n) is 6.88. The SMILES string of the molecule is CCCCOc1ccc(C2/C(=C(/O)c3ccc(OCCC)cc3)C(=O)C(=O)N2c2nnc(SCc3ccc(Cl)cc3)s2)cc1. The fourth-order valence-electron chi connectivity index (χ4n) is 4.59. The number of Topliss-reactive ketones (excluding diaryl/α,β-unsaturated/α-hetero) is 1. The van der Waals surface area contributed by atoms with Crippen LogP contribution in [0.1, 0.15) is 55.8 Å². The van der Waals surface area contributed by atoms with E-state index >= 15 is 0 Å². The Kier molecular flexibility index (Phi) is 10.6. The van der Waals surface area contributed by atoms with E-state index in [1.807, 2.05) is 31.2 Å². The Morgan fingerprint density at radius 3 is 2.23 bits per heavy atom. The molecule has 1 aromatic heterocycles. The van der Waals surface area contributed by atoms with Crippen LogP contribution in [0.15, 0.2) is 82.7 Å². The molecule has 1 N–H and O–H groups in total. The molecule has 11 heteroatoms. The zero-order valence-electron chi connectivity index (χ0n) is 24.4. The number of anilines is 1. The molecule has 1 unspecified atom stereocenters. The van der Waals surface area contributed by atoms with E-state index in [0.29, 0.717) is 51.0 Å². The van der Waals surface area contributed by atoms with Crippen molar-refractivity contribution < 1.29 is 24.2 Å². The number of ketones is 1. The first kappa shape index (κ1) is 31.6. The number of amides is 1. The Hall–Kier alpha value is -3.86. The highest BCUT2D eigenvalue weighted by atomic mass is 35.5. The van der Waals surface area contributed by atoms with Crippen molar-refractivity contribution in [1.82, 2.24) is 10.2 Å². The van der Waals surface area contributed by atoms with Crippen LogP contribution < -0.4 is 14.4 Å². The topological polar surface area (TPSA) is 102 Å². The summed E-state index contributed by atoms with van der Waals surface area (Å²) in [6.07, 6.45) is 2.81. The van der Waals surface area contributed by atoms with Gasteiger partial charge in [-0.15, -0.1) is 10.2 Å². The molecule has 44 heavy (non-hydrogen) atoms. The van der Waals surface area contributed by atoms with Gasteiger partial charge in [0, 0.05) is 16.3 Å². The molecule has 5 rings (SSSR count). The summed E-state index contributed by atoms with van der Waals surface area (Å²) < 4.78 is 12.1. The number of ether oxygens (including phenoxy) is 2. The number of benzene rings is 3. The fraction of sp³-hybridized carbons (Fsp3) is 0.273. The van der Waals surface area contributed by atoms with Gasteiger partial charge in [-0.05, 0) is 72.5 Å². The minimum Gasteiger partial charge on any atom is -0.507 e. The Morgan fingerprint density at radius 2 is 1.57 bits per heavy atom. The summed E-state index contributed by atoms with van der Waals surface area (Å²) in [6, 6.07) is 20.6. The first-order valence-electron chi connectivity index (χ1n) is 14.4. The lowest BCUT2D eigenvalue weighted by Gasteiger charge is -2.22. The van der Waals surface area contributed by atoms with Crippen molar-refractivity contribution in [3.8, 4) is 11.5 Å². The molecule has 1 aliphatic rings. The number of rotatable bonds is 13.